The maximum Gasteiger partial charge on any atom is 0.339 e. The summed E-state index contributed by atoms with van der Waals surface area (Å²) < 4.78 is 29.0. The van der Waals surface area contributed by atoms with Crippen molar-refractivity contribution in [2.45, 2.75) is 6.10 Å². The summed E-state index contributed by atoms with van der Waals surface area (Å²) in [5.41, 5.74) is -0.286. The number of hydrogen-bond acceptors (Lipinski definition) is 5. The Morgan fingerprint density at radius 1 is 1.56 bits per heavy atom. The number of aliphatic hydroxyl groups excluding tert-OH is 1. The predicted molar refractivity (Wildman–Crippen MR) is 62.1 cm³/mol. The Morgan fingerprint density at radius 2 is 2.22 bits per heavy atom. The van der Waals surface area contributed by atoms with Crippen molar-refractivity contribution in [1.29, 1.82) is 0 Å². The van der Waals surface area contributed by atoms with Crippen molar-refractivity contribution >= 4 is 21.9 Å². The van der Waals surface area contributed by atoms with E-state index in [1.807, 2.05) is 0 Å². The second kappa shape index (κ2) is 5.11. The van der Waals surface area contributed by atoms with Crippen LogP contribution in [0.2, 0.25) is 0 Å². The molecule has 1 heterocycles. The molecule has 2 rings (SSSR count). The van der Waals surface area contributed by atoms with E-state index in [4.69, 9.17) is 9.47 Å². The van der Waals surface area contributed by atoms with E-state index in [1.54, 1.807) is 0 Å². The topological polar surface area (TPSA) is 65.0 Å². The van der Waals surface area contributed by atoms with E-state index in [0.717, 1.165) is 7.11 Å². The zero-order chi connectivity index (χ0) is 13.3. The minimum Gasteiger partial charge on any atom is -0.486 e. The van der Waals surface area contributed by atoms with Gasteiger partial charge in [0, 0.05) is 6.07 Å². The molecule has 1 aromatic carbocycles. The number of carbonyl (C=O) groups excluding carboxylic acids is 1. The lowest BCUT2D eigenvalue weighted by molar-refractivity contribution is -0.151. The van der Waals surface area contributed by atoms with Crippen LogP contribution < -0.4 is 9.47 Å². The van der Waals surface area contributed by atoms with Gasteiger partial charge in [-0.05, 0) is 15.9 Å². The summed E-state index contributed by atoms with van der Waals surface area (Å²) in [6, 6.07) is 1.39. The van der Waals surface area contributed by atoms with Crippen LogP contribution in [0.15, 0.2) is 10.5 Å². The third-order valence-electron chi connectivity index (χ3n) is 2.46. The molecule has 1 atom stereocenters. The second-order valence-corrected chi connectivity index (χ2v) is 4.39. The van der Waals surface area contributed by atoms with Crippen LogP contribution in [0.1, 0.15) is 11.7 Å². The van der Waals surface area contributed by atoms with Crippen molar-refractivity contribution in [2.75, 3.05) is 20.3 Å². The molecule has 0 amide bonds. The first kappa shape index (κ1) is 13.1. The summed E-state index contributed by atoms with van der Waals surface area (Å²) in [5, 5.41) is 9.78. The third kappa shape index (κ3) is 2.15. The summed E-state index contributed by atoms with van der Waals surface area (Å²) in [7, 11) is 1.10. The zero-order valence-electron chi connectivity index (χ0n) is 9.41. The predicted octanol–water partition coefficient (Wildman–Crippen LogP) is 1.57. The maximum atomic E-state index is 14.0. The van der Waals surface area contributed by atoms with E-state index in [0.29, 0.717) is 6.61 Å². The molecule has 1 aliphatic heterocycles. The van der Waals surface area contributed by atoms with Crippen LogP contribution >= 0.6 is 15.9 Å². The lowest BCUT2D eigenvalue weighted by Crippen LogP contribution is -2.21. The van der Waals surface area contributed by atoms with Crippen LogP contribution in [0.25, 0.3) is 0 Å². The van der Waals surface area contributed by atoms with E-state index in [2.05, 4.69) is 20.7 Å². The summed E-state index contributed by atoms with van der Waals surface area (Å²) in [6.07, 6.45) is -1.76. The quantitative estimate of drug-likeness (QED) is 0.838. The molecule has 1 aliphatic rings. The lowest BCUT2D eigenvalue weighted by Gasteiger charge is -2.23. The number of fused-ring (bicyclic) bond motifs is 1. The Labute approximate surface area is 111 Å². The minimum absolute atomic E-state index is 0.0276. The molecule has 0 aromatic heterocycles. The number of benzene rings is 1. The summed E-state index contributed by atoms with van der Waals surface area (Å²) in [4.78, 5) is 11.3. The van der Waals surface area contributed by atoms with Gasteiger partial charge in [0.2, 0.25) is 0 Å². The molecular formula is C11H10BrFO5. The molecule has 0 spiro atoms. The van der Waals surface area contributed by atoms with Crippen LogP contribution in [-0.4, -0.2) is 31.4 Å². The number of hydrogen-bond donors (Lipinski definition) is 1. The van der Waals surface area contributed by atoms with Gasteiger partial charge in [0.15, 0.2) is 17.6 Å². The van der Waals surface area contributed by atoms with Crippen LogP contribution in [0.4, 0.5) is 4.39 Å². The maximum absolute atomic E-state index is 14.0. The molecule has 1 unspecified atom stereocenters. The minimum atomic E-state index is -1.76. The first-order chi connectivity index (χ1) is 8.56. The normalized spacial score (nSPS) is 15.1. The van der Waals surface area contributed by atoms with Crippen LogP contribution in [0.3, 0.4) is 0 Å². The zero-order valence-corrected chi connectivity index (χ0v) is 11.0. The van der Waals surface area contributed by atoms with E-state index in [-0.39, 0.29) is 28.1 Å². The van der Waals surface area contributed by atoms with Gasteiger partial charge in [0.1, 0.15) is 19.0 Å². The van der Waals surface area contributed by atoms with Gasteiger partial charge in [-0.2, -0.15) is 0 Å². The van der Waals surface area contributed by atoms with E-state index in [1.165, 1.54) is 6.07 Å². The highest BCUT2D eigenvalue weighted by atomic mass is 79.9. The van der Waals surface area contributed by atoms with Crippen molar-refractivity contribution in [3.05, 3.63) is 21.9 Å². The summed E-state index contributed by atoms with van der Waals surface area (Å²) >= 11 is 2.99. The smallest absolute Gasteiger partial charge is 0.339 e. The van der Waals surface area contributed by atoms with Gasteiger partial charge in [-0.1, -0.05) is 0 Å². The number of aliphatic hydroxyl groups is 1. The molecule has 1 N–H and O–H groups in total. The molecule has 18 heavy (non-hydrogen) atoms. The largest absolute Gasteiger partial charge is 0.486 e. The Morgan fingerprint density at radius 3 is 2.89 bits per heavy atom. The molecule has 0 bridgehead atoms. The molecule has 0 fully saturated rings. The molecular weight excluding hydrogens is 311 g/mol. The van der Waals surface area contributed by atoms with Crippen molar-refractivity contribution in [3.63, 3.8) is 0 Å². The fourth-order valence-electron chi connectivity index (χ4n) is 1.63. The molecule has 0 saturated carbocycles. The van der Waals surface area contributed by atoms with Crippen LogP contribution in [0, 0.1) is 5.82 Å². The summed E-state index contributed by atoms with van der Waals surface area (Å²) in [6.45, 7) is 0.536. The van der Waals surface area contributed by atoms with E-state index < -0.39 is 17.9 Å². The van der Waals surface area contributed by atoms with Gasteiger partial charge in [-0.15, -0.1) is 0 Å². The van der Waals surface area contributed by atoms with Crippen molar-refractivity contribution < 1.29 is 28.5 Å². The molecule has 0 saturated heterocycles. The molecule has 5 nitrogen and oxygen atoms in total. The van der Waals surface area contributed by atoms with Gasteiger partial charge < -0.3 is 19.3 Å². The number of methoxy groups -OCH3 is 1. The SMILES string of the molecule is COC(=O)C(O)c1c(F)c(Br)cc2c1OCCO2. The number of carbonyl (C=O) groups is 1. The van der Waals surface area contributed by atoms with Crippen molar-refractivity contribution in [3.8, 4) is 11.5 Å². The lowest BCUT2D eigenvalue weighted by atomic mass is 10.1. The van der Waals surface area contributed by atoms with Crippen LogP contribution in [-0.2, 0) is 9.53 Å². The highest BCUT2D eigenvalue weighted by molar-refractivity contribution is 9.10. The highest BCUT2D eigenvalue weighted by Gasteiger charge is 2.31. The van der Waals surface area contributed by atoms with Gasteiger partial charge in [0.05, 0.1) is 17.1 Å². The third-order valence-corrected chi connectivity index (χ3v) is 3.03. The van der Waals surface area contributed by atoms with E-state index >= 15 is 0 Å². The Hall–Kier alpha value is -1.34. The highest BCUT2D eigenvalue weighted by Crippen LogP contribution is 2.42. The molecule has 1 aromatic rings. The second-order valence-electron chi connectivity index (χ2n) is 3.54. The Bertz CT molecular complexity index is 491. The van der Waals surface area contributed by atoms with Crippen molar-refractivity contribution in [2.24, 2.45) is 0 Å². The number of halogens is 2. The number of esters is 1. The number of rotatable bonds is 2. The molecule has 0 aliphatic carbocycles. The van der Waals surface area contributed by atoms with Crippen molar-refractivity contribution in [1.82, 2.24) is 0 Å². The monoisotopic (exact) mass is 320 g/mol. The van der Waals surface area contributed by atoms with Gasteiger partial charge in [-0.3, -0.25) is 0 Å². The molecule has 98 valence electrons. The summed E-state index contributed by atoms with van der Waals surface area (Å²) in [5.74, 6) is -1.45. The Kier molecular flexibility index (Phi) is 3.72. The first-order valence-corrected chi connectivity index (χ1v) is 5.89. The average molecular weight is 321 g/mol. The fourth-order valence-corrected chi connectivity index (χ4v) is 2.05. The fraction of sp³-hybridized carbons (Fsp3) is 0.364. The first-order valence-electron chi connectivity index (χ1n) is 5.09. The van der Waals surface area contributed by atoms with Gasteiger partial charge in [0.25, 0.3) is 0 Å². The molecule has 7 heteroatoms. The average Bonchev–Trinajstić information content (AvgIpc) is 2.38. The standard InChI is InChI=1S/C11H10BrFO5/c1-16-11(15)9(14)7-8(13)5(12)4-6-10(7)18-3-2-17-6/h4,9,14H,2-3H2,1H3. The van der Waals surface area contributed by atoms with Gasteiger partial charge in [-0.25, -0.2) is 9.18 Å². The Balaban J connectivity index is 2.56. The van der Waals surface area contributed by atoms with Gasteiger partial charge >= 0.3 is 5.97 Å². The van der Waals surface area contributed by atoms with Crippen LogP contribution in [0.5, 0.6) is 11.5 Å². The number of ether oxygens (including phenoxy) is 3. The van der Waals surface area contributed by atoms with E-state index in [9.17, 15) is 14.3 Å². The molecule has 0 radical (unpaired) electrons.